The maximum Gasteiger partial charge on any atom is 0.226 e. The van der Waals surface area contributed by atoms with Crippen molar-refractivity contribution in [3.05, 3.63) is 11.7 Å². The third-order valence-electron chi connectivity index (χ3n) is 3.72. The molecule has 1 atom stereocenters. The summed E-state index contributed by atoms with van der Waals surface area (Å²) >= 11 is 0. The van der Waals surface area contributed by atoms with Crippen LogP contribution in [0.15, 0.2) is 4.52 Å². The highest BCUT2D eigenvalue weighted by molar-refractivity contribution is 4.97. The van der Waals surface area contributed by atoms with Gasteiger partial charge in [0.15, 0.2) is 0 Å². The molecule has 1 aromatic rings. The van der Waals surface area contributed by atoms with Crippen molar-refractivity contribution in [2.24, 2.45) is 17.6 Å². The van der Waals surface area contributed by atoms with Crippen molar-refractivity contribution in [2.75, 3.05) is 13.2 Å². The molecule has 0 aliphatic heterocycles. The van der Waals surface area contributed by atoms with Crippen molar-refractivity contribution in [3.8, 4) is 0 Å². The van der Waals surface area contributed by atoms with Gasteiger partial charge in [0.25, 0.3) is 0 Å². The van der Waals surface area contributed by atoms with Crippen LogP contribution in [-0.4, -0.2) is 23.3 Å². The van der Waals surface area contributed by atoms with Gasteiger partial charge < -0.3 is 15.0 Å². The SMILES string of the molecule is CCOC(C)(C)c1noc(CCC(CCN)C(C)C)n1. The Balaban J connectivity index is 2.60. The lowest BCUT2D eigenvalue weighted by Gasteiger charge is -2.20. The van der Waals surface area contributed by atoms with E-state index in [9.17, 15) is 0 Å². The van der Waals surface area contributed by atoms with Crippen LogP contribution in [0, 0.1) is 11.8 Å². The first-order valence-electron chi connectivity index (χ1n) is 7.57. The molecule has 0 fully saturated rings. The van der Waals surface area contributed by atoms with Gasteiger partial charge in [-0.15, -0.1) is 0 Å². The third kappa shape index (κ3) is 4.87. The predicted molar refractivity (Wildman–Crippen MR) is 79.3 cm³/mol. The average molecular weight is 283 g/mol. The van der Waals surface area contributed by atoms with Gasteiger partial charge in [0.1, 0.15) is 5.60 Å². The lowest BCUT2D eigenvalue weighted by molar-refractivity contribution is -0.0221. The van der Waals surface area contributed by atoms with Crippen LogP contribution in [0.1, 0.15) is 59.2 Å². The highest BCUT2D eigenvalue weighted by Gasteiger charge is 2.27. The molecular weight excluding hydrogens is 254 g/mol. The first-order valence-corrected chi connectivity index (χ1v) is 7.57. The van der Waals surface area contributed by atoms with Crippen LogP contribution in [-0.2, 0) is 16.8 Å². The molecule has 0 radical (unpaired) electrons. The number of aryl methyl sites for hydroxylation is 1. The van der Waals surface area contributed by atoms with Gasteiger partial charge in [-0.25, -0.2) is 0 Å². The van der Waals surface area contributed by atoms with Crippen molar-refractivity contribution >= 4 is 0 Å². The van der Waals surface area contributed by atoms with E-state index in [0.717, 1.165) is 25.8 Å². The third-order valence-corrected chi connectivity index (χ3v) is 3.72. The summed E-state index contributed by atoms with van der Waals surface area (Å²) in [4.78, 5) is 4.46. The molecule has 2 N–H and O–H groups in total. The molecule has 1 unspecified atom stereocenters. The Labute approximate surface area is 122 Å². The number of nitrogens with zero attached hydrogens (tertiary/aromatic N) is 2. The second-order valence-corrected chi connectivity index (χ2v) is 6.08. The normalized spacial score (nSPS) is 13.9. The summed E-state index contributed by atoms with van der Waals surface area (Å²) in [6, 6.07) is 0. The van der Waals surface area contributed by atoms with Gasteiger partial charge in [-0.05, 0) is 52.0 Å². The fourth-order valence-corrected chi connectivity index (χ4v) is 2.36. The van der Waals surface area contributed by atoms with Gasteiger partial charge in [-0.3, -0.25) is 0 Å². The number of hydrogen-bond donors (Lipinski definition) is 1. The summed E-state index contributed by atoms with van der Waals surface area (Å²) in [6.45, 7) is 11.7. The van der Waals surface area contributed by atoms with Gasteiger partial charge in [0.05, 0.1) is 0 Å². The van der Waals surface area contributed by atoms with E-state index in [4.69, 9.17) is 15.0 Å². The van der Waals surface area contributed by atoms with E-state index in [1.54, 1.807) is 0 Å². The first kappa shape index (κ1) is 17.1. The number of ether oxygens (including phenoxy) is 1. The average Bonchev–Trinajstić information content (AvgIpc) is 2.83. The lowest BCUT2D eigenvalue weighted by Crippen LogP contribution is -2.23. The molecule has 5 heteroatoms. The summed E-state index contributed by atoms with van der Waals surface area (Å²) in [5.41, 5.74) is 5.17. The summed E-state index contributed by atoms with van der Waals surface area (Å²) < 4.78 is 11.0. The van der Waals surface area contributed by atoms with E-state index < -0.39 is 5.60 Å². The molecule has 0 aliphatic rings. The standard InChI is InChI=1S/C15H29N3O2/c1-6-19-15(4,5)14-17-13(20-18-14)8-7-12(9-10-16)11(2)3/h11-12H,6-10,16H2,1-5H3. The lowest BCUT2D eigenvalue weighted by atomic mass is 9.88. The molecule has 20 heavy (non-hydrogen) atoms. The van der Waals surface area contributed by atoms with E-state index >= 15 is 0 Å². The van der Waals surface area contributed by atoms with E-state index in [1.165, 1.54) is 0 Å². The molecule has 0 saturated heterocycles. The largest absolute Gasteiger partial charge is 0.368 e. The molecule has 1 heterocycles. The van der Waals surface area contributed by atoms with Crippen molar-refractivity contribution in [1.29, 1.82) is 0 Å². The van der Waals surface area contributed by atoms with Crippen LogP contribution in [0.25, 0.3) is 0 Å². The molecule has 0 spiro atoms. The van der Waals surface area contributed by atoms with Crippen LogP contribution >= 0.6 is 0 Å². The van der Waals surface area contributed by atoms with Crippen molar-refractivity contribution in [1.82, 2.24) is 10.1 Å². The van der Waals surface area contributed by atoms with E-state index in [2.05, 4.69) is 24.0 Å². The topological polar surface area (TPSA) is 74.2 Å². The molecule has 0 bridgehead atoms. The molecular formula is C15H29N3O2. The molecule has 0 aromatic carbocycles. The smallest absolute Gasteiger partial charge is 0.226 e. The zero-order valence-corrected chi connectivity index (χ0v) is 13.5. The molecule has 0 amide bonds. The second kappa shape index (κ2) is 7.74. The Morgan fingerprint density at radius 1 is 1.30 bits per heavy atom. The fourth-order valence-electron chi connectivity index (χ4n) is 2.36. The Morgan fingerprint density at radius 3 is 2.55 bits per heavy atom. The maximum absolute atomic E-state index is 5.66. The number of nitrogens with two attached hydrogens (primary N) is 1. The van der Waals surface area contributed by atoms with Crippen molar-refractivity contribution in [2.45, 2.75) is 59.5 Å². The molecule has 0 saturated carbocycles. The minimum Gasteiger partial charge on any atom is -0.368 e. The van der Waals surface area contributed by atoms with Crippen molar-refractivity contribution in [3.63, 3.8) is 0 Å². The summed E-state index contributed by atoms with van der Waals surface area (Å²) in [5, 5.41) is 4.04. The zero-order valence-electron chi connectivity index (χ0n) is 13.5. The van der Waals surface area contributed by atoms with Gasteiger partial charge in [-0.1, -0.05) is 19.0 Å². The highest BCUT2D eigenvalue weighted by Crippen LogP contribution is 2.24. The Kier molecular flexibility index (Phi) is 6.62. The second-order valence-electron chi connectivity index (χ2n) is 6.08. The van der Waals surface area contributed by atoms with Crippen LogP contribution < -0.4 is 5.73 Å². The van der Waals surface area contributed by atoms with Gasteiger partial charge >= 0.3 is 0 Å². The Morgan fingerprint density at radius 2 is 2.00 bits per heavy atom. The molecule has 116 valence electrons. The summed E-state index contributed by atoms with van der Waals surface area (Å²) in [5.74, 6) is 2.54. The fraction of sp³-hybridized carbons (Fsp3) is 0.867. The minimum atomic E-state index is -0.495. The zero-order chi connectivity index (χ0) is 15.2. The Bertz CT molecular complexity index is 388. The van der Waals surface area contributed by atoms with Crippen LogP contribution in [0.2, 0.25) is 0 Å². The minimum absolute atomic E-state index is 0.495. The monoisotopic (exact) mass is 283 g/mol. The molecule has 1 rings (SSSR count). The van der Waals surface area contributed by atoms with E-state index in [0.29, 0.717) is 30.2 Å². The number of hydrogen-bond acceptors (Lipinski definition) is 5. The van der Waals surface area contributed by atoms with Gasteiger partial charge in [-0.2, -0.15) is 4.98 Å². The maximum atomic E-state index is 5.66. The molecule has 1 aromatic heterocycles. The Hall–Kier alpha value is -0.940. The first-order chi connectivity index (χ1) is 9.40. The quantitative estimate of drug-likeness (QED) is 0.754. The number of aromatic nitrogens is 2. The number of rotatable bonds is 9. The van der Waals surface area contributed by atoms with E-state index in [-0.39, 0.29) is 0 Å². The van der Waals surface area contributed by atoms with Gasteiger partial charge in [0, 0.05) is 13.0 Å². The van der Waals surface area contributed by atoms with E-state index in [1.807, 2.05) is 20.8 Å². The summed E-state index contributed by atoms with van der Waals surface area (Å²) in [6.07, 6.45) is 2.88. The van der Waals surface area contributed by atoms with Crippen LogP contribution in [0.5, 0.6) is 0 Å². The van der Waals surface area contributed by atoms with Gasteiger partial charge in [0.2, 0.25) is 11.7 Å². The highest BCUT2D eigenvalue weighted by atomic mass is 16.5. The van der Waals surface area contributed by atoms with Crippen LogP contribution in [0.3, 0.4) is 0 Å². The molecule has 5 nitrogen and oxygen atoms in total. The van der Waals surface area contributed by atoms with Crippen LogP contribution in [0.4, 0.5) is 0 Å². The molecule has 0 aliphatic carbocycles. The predicted octanol–water partition coefficient (Wildman–Crippen LogP) is 2.89. The van der Waals surface area contributed by atoms with Crippen molar-refractivity contribution < 1.29 is 9.26 Å². The summed E-state index contributed by atoms with van der Waals surface area (Å²) in [7, 11) is 0.